The van der Waals surface area contributed by atoms with E-state index in [1.54, 1.807) is 0 Å². The van der Waals surface area contributed by atoms with E-state index in [1.165, 1.54) is 23.1 Å². The number of carbonyl (C=O) groups is 1. The monoisotopic (exact) mass is 504 g/mol. The second-order valence-electron chi connectivity index (χ2n) is 7.72. The van der Waals surface area contributed by atoms with Gasteiger partial charge in [-0.2, -0.15) is 13.2 Å². The van der Waals surface area contributed by atoms with Crippen molar-refractivity contribution >= 4 is 21.8 Å². The number of piperidine rings is 2. The van der Waals surface area contributed by atoms with E-state index in [4.69, 9.17) is 4.74 Å². The molecular weight excluding hydrogens is 487 g/mol. The maximum atomic E-state index is 13.9. The number of alkyl halides is 4. The highest BCUT2D eigenvalue weighted by molar-refractivity contribution is 9.10. The van der Waals surface area contributed by atoms with Crippen LogP contribution in [0.1, 0.15) is 35.2 Å². The fraction of sp³-hybridized carbons (Fsp3) is 0.429. The van der Waals surface area contributed by atoms with Gasteiger partial charge in [-0.15, -0.1) is 0 Å². The third kappa shape index (κ3) is 4.14. The Kier molecular flexibility index (Phi) is 5.93. The second kappa shape index (κ2) is 8.37. The molecule has 1 aromatic heterocycles. The maximum absolute atomic E-state index is 13.9. The molecule has 5 rings (SSSR count). The SMILES string of the molecule is O=C(c1cccc(F)c1Br)N1C(CF)C2CCC1C(Oc1ccc(C(F)(F)F)cn1)C2. The number of carbonyl (C=O) groups excluding carboxylic acids is 1. The van der Waals surface area contributed by atoms with Crippen LogP contribution in [0.4, 0.5) is 22.0 Å². The lowest BCUT2D eigenvalue weighted by molar-refractivity contribution is -0.137. The average Bonchev–Trinajstić information content (AvgIpc) is 2.75. The van der Waals surface area contributed by atoms with Gasteiger partial charge in [0.05, 0.1) is 27.7 Å². The molecule has 2 saturated heterocycles. The van der Waals surface area contributed by atoms with Gasteiger partial charge in [-0.05, 0) is 59.3 Å². The number of benzene rings is 1. The van der Waals surface area contributed by atoms with Crippen LogP contribution in [0.2, 0.25) is 0 Å². The normalized spacial score (nSPS) is 25.5. The minimum Gasteiger partial charge on any atom is -0.472 e. The van der Waals surface area contributed by atoms with Crippen molar-refractivity contribution in [2.75, 3.05) is 6.67 Å². The van der Waals surface area contributed by atoms with Gasteiger partial charge in [-0.1, -0.05) is 6.07 Å². The Morgan fingerprint density at radius 3 is 2.65 bits per heavy atom. The predicted molar refractivity (Wildman–Crippen MR) is 105 cm³/mol. The van der Waals surface area contributed by atoms with Crippen molar-refractivity contribution in [1.29, 1.82) is 0 Å². The van der Waals surface area contributed by atoms with Gasteiger partial charge < -0.3 is 9.64 Å². The first-order valence-electron chi connectivity index (χ1n) is 9.73. The van der Waals surface area contributed by atoms with E-state index < -0.39 is 48.3 Å². The number of nitrogens with zero attached hydrogens (tertiary/aromatic N) is 2. The molecule has 1 saturated carbocycles. The molecule has 1 aromatic carbocycles. The van der Waals surface area contributed by atoms with Crippen LogP contribution < -0.4 is 4.74 Å². The van der Waals surface area contributed by atoms with Gasteiger partial charge in [0, 0.05) is 12.3 Å². The zero-order chi connectivity index (χ0) is 22.3. The zero-order valence-corrected chi connectivity index (χ0v) is 17.7. The van der Waals surface area contributed by atoms with Crippen molar-refractivity contribution in [1.82, 2.24) is 9.88 Å². The summed E-state index contributed by atoms with van der Waals surface area (Å²) in [5.41, 5.74) is -0.812. The minimum atomic E-state index is -4.51. The van der Waals surface area contributed by atoms with Crippen LogP contribution in [0.5, 0.6) is 5.88 Å². The van der Waals surface area contributed by atoms with Gasteiger partial charge in [-0.25, -0.2) is 13.8 Å². The first-order valence-corrected chi connectivity index (χ1v) is 10.5. The van der Waals surface area contributed by atoms with Crippen LogP contribution >= 0.6 is 15.9 Å². The maximum Gasteiger partial charge on any atom is 0.417 e. The first kappa shape index (κ1) is 22.0. The highest BCUT2D eigenvalue weighted by Crippen LogP contribution is 2.43. The van der Waals surface area contributed by atoms with Gasteiger partial charge in [0.15, 0.2) is 0 Å². The fourth-order valence-corrected chi connectivity index (χ4v) is 4.93. The van der Waals surface area contributed by atoms with E-state index in [9.17, 15) is 26.7 Å². The summed E-state index contributed by atoms with van der Waals surface area (Å²) in [6, 6.07) is 4.91. The topological polar surface area (TPSA) is 42.4 Å². The Morgan fingerprint density at radius 1 is 1.23 bits per heavy atom. The molecule has 4 unspecified atom stereocenters. The number of rotatable bonds is 4. The number of ether oxygens (including phenoxy) is 1. The van der Waals surface area contributed by atoms with Crippen molar-refractivity contribution in [2.24, 2.45) is 5.92 Å². The number of amides is 1. The number of aromatic nitrogens is 1. The van der Waals surface area contributed by atoms with Crippen molar-refractivity contribution < 1.29 is 31.5 Å². The Labute approximate surface area is 183 Å². The van der Waals surface area contributed by atoms with E-state index in [0.29, 0.717) is 25.5 Å². The van der Waals surface area contributed by atoms with E-state index in [-0.39, 0.29) is 21.8 Å². The Morgan fingerprint density at radius 2 is 2.00 bits per heavy atom. The summed E-state index contributed by atoms with van der Waals surface area (Å²) in [6.07, 6.45) is -2.67. The molecule has 3 aliphatic rings. The summed E-state index contributed by atoms with van der Waals surface area (Å²) < 4.78 is 72.0. The van der Waals surface area contributed by atoms with Crippen LogP contribution in [0.25, 0.3) is 0 Å². The standard InChI is InChI=1S/C21H18BrF5N2O2/c22-19-13(2-1-3-14(19)24)20(30)29-15-6-4-11(16(29)9-23)8-17(15)31-18-7-5-12(10-28-18)21(25,26)27/h1-3,5,7,10-11,15-17H,4,6,8-9H2. The fourth-order valence-electron chi connectivity index (χ4n) is 4.49. The van der Waals surface area contributed by atoms with Crippen molar-refractivity contribution in [3.05, 3.63) is 57.9 Å². The van der Waals surface area contributed by atoms with Gasteiger partial charge in [0.1, 0.15) is 18.6 Å². The molecule has 1 aliphatic carbocycles. The minimum absolute atomic E-state index is 0.000861. The summed E-state index contributed by atoms with van der Waals surface area (Å²) >= 11 is 3.08. The lowest BCUT2D eigenvalue weighted by Gasteiger charge is -2.53. The Bertz CT molecular complexity index is 969. The van der Waals surface area contributed by atoms with Gasteiger partial charge in [0.25, 0.3) is 5.91 Å². The highest BCUT2D eigenvalue weighted by Gasteiger charge is 2.50. The largest absolute Gasteiger partial charge is 0.472 e. The number of fused-ring (bicyclic) bond motifs is 3. The predicted octanol–water partition coefficient (Wildman–Crippen LogP) is 5.41. The molecule has 10 heteroatoms. The molecule has 2 aliphatic heterocycles. The number of halogens is 6. The summed E-state index contributed by atoms with van der Waals surface area (Å²) in [4.78, 5) is 18.4. The molecule has 31 heavy (non-hydrogen) atoms. The van der Waals surface area contributed by atoms with Gasteiger partial charge in [-0.3, -0.25) is 4.79 Å². The van der Waals surface area contributed by atoms with Crippen molar-refractivity contribution in [3.8, 4) is 5.88 Å². The van der Waals surface area contributed by atoms with Gasteiger partial charge in [0.2, 0.25) is 5.88 Å². The molecule has 0 radical (unpaired) electrons. The molecular formula is C21H18BrF5N2O2. The molecule has 4 nitrogen and oxygen atoms in total. The number of hydrogen-bond donors (Lipinski definition) is 0. The first-order chi connectivity index (χ1) is 14.7. The average molecular weight is 505 g/mol. The van der Waals surface area contributed by atoms with E-state index >= 15 is 0 Å². The molecule has 166 valence electrons. The van der Waals surface area contributed by atoms with Crippen LogP contribution in [0.15, 0.2) is 41.0 Å². The summed E-state index contributed by atoms with van der Waals surface area (Å²) in [5, 5.41) is 0. The Balaban J connectivity index is 1.59. The lowest BCUT2D eigenvalue weighted by Crippen LogP contribution is -2.64. The summed E-state index contributed by atoms with van der Waals surface area (Å²) in [7, 11) is 0. The third-order valence-corrected chi connectivity index (χ3v) is 6.77. The van der Waals surface area contributed by atoms with Crippen molar-refractivity contribution in [3.63, 3.8) is 0 Å². The molecule has 0 N–H and O–H groups in total. The van der Waals surface area contributed by atoms with Crippen LogP contribution in [-0.4, -0.2) is 40.7 Å². The molecule has 3 fully saturated rings. The molecule has 3 heterocycles. The zero-order valence-electron chi connectivity index (χ0n) is 16.1. The van der Waals surface area contributed by atoms with Crippen LogP contribution in [-0.2, 0) is 6.18 Å². The molecule has 2 aromatic rings. The van der Waals surface area contributed by atoms with E-state index in [1.807, 2.05) is 0 Å². The number of hydrogen-bond acceptors (Lipinski definition) is 3. The number of pyridine rings is 1. The molecule has 2 bridgehead atoms. The second-order valence-corrected chi connectivity index (χ2v) is 8.51. The lowest BCUT2D eigenvalue weighted by atomic mass is 9.73. The van der Waals surface area contributed by atoms with E-state index in [2.05, 4.69) is 20.9 Å². The molecule has 0 spiro atoms. The van der Waals surface area contributed by atoms with Crippen LogP contribution in [0.3, 0.4) is 0 Å². The van der Waals surface area contributed by atoms with Crippen LogP contribution in [0, 0.1) is 11.7 Å². The highest BCUT2D eigenvalue weighted by atomic mass is 79.9. The van der Waals surface area contributed by atoms with Crippen molar-refractivity contribution in [2.45, 2.75) is 43.6 Å². The van der Waals surface area contributed by atoms with E-state index in [0.717, 1.165) is 12.1 Å². The third-order valence-electron chi connectivity index (χ3n) is 5.97. The van der Waals surface area contributed by atoms with Gasteiger partial charge >= 0.3 is 6.18 Å². The molecule has 4 atom stereocenters. The smallest absolute Gasteiger partial charge is 0.417 e. The molecule has 1 amide bonds. The Hall–Kier alpha value is -2.23. The summed E-state index contributed by atoms with van der Waals surface area (Å²) in [6.45, 7) is -0.745. The quantitative estimate of drug-likeness (QED) is 0.522. The summed E-state index contributed by atoms with van der Waals surface area (Å²) in [5.74, 6) is -1.30.